The Morgan fingerprint density at radius 3 is 2.43 bits per heavy atom. The van der Waals surface area contributed by atoms with Gasteiger partial charge in [-0.05, 0) is 4.85 Å². The first-order valence-corrected chi connectivity index (χ1v) is 2.07. The summed E-state index contributed by atoms with van der Waals surface area (Å²) in [6, 6.07) is 0. The summed E-state index contributed by atoms with van der Waals surface area (Å²) in [7, 11) is 0. The summed E-state index contributed by atoms with van der Waals surface area (Å²) in [4.78, 5) is 12.7. The van der Waals surface area contributed by atoms with Crippen molar-refractivity contribution in [1.82, 2.24) is 0 Å². The summed E-state index contributed by atoms with van der Waals surface area (Å²) in [5.74, 6) is 0. The smallest absolute Gasteiger partial charge is 0.290 e. The molecule has 2 nitrogen and oxygen atoms in total. The molecule has 0 heterocycles. The van der Waals surface area contributed by atoms with Gasteiger partial charge in [-0.1, -0.05) is 0 Å². The Morgan fingerprint density at radius 1 is 1.86 bits per heavy atom. The first-order chi connectivity index (χ1) is 3.35. The van der Waals surface area contributed by atoms with Crippen LogP contribution in [0.2, 0.25) is 0 Å². The van der Waals surface area contributed by atoms with Crippen molar-refractivity contribution in [2.75, 3.05) is 0 Å². The van der Waals surface area contributed by atoms with Crippen molar-refractivity contribution in [3.63, 3.8) is 0 Å². The number of nitrogens with zero attached hydrogens (tertiary/aromatic N) is 1. The van der Waals surface area contributed by atoms with Crippen LogP contribution in [0.25, 0.3) is 4.85 Å². The van der Waals surface area contributed by atoms with Crippen LogP contribution in [0.5, 0.6) is 0 Å². The van der Waals surface area contributed by atoms with Crippen LogP contribution in [0.3, 0.4) is 0 Å². The number of thiol groups is 1. The Morgan fingerprint density at radius 2 is 2.43 bits per heavy atom. The predicted octanol–water partition coefficient (Wildman–Crippen LogP) is 0.919. The fourth-order valence-electron chi connectivity index (χ4n) is 0.0942. The van der Waals surface area contributed by atoms with E-state index < -0.39 is 0 Å². The van der Waals surface area contributed by atoms with E-state index in [9.17, 15) is 4.79 Å². The molecule has 0 aromatic carbocycles. The molecular weight excluding hydrogens is 110 g/mol. The van der Waals surface area contributed by atoms with E-state index in [1.807, 2.05) is 0 Å². The van der Waals surface area contributed by atoms with Crippen LogP contribution in [0.1, 0.15) is 0 Å². The molecule has 0 aromatic rings. The van der Waals surface area contributed by atoms with Crippen molar-refractivity contribution in [1.29, 1.82) is 0 Å². The fraction of sp³-hybridized carbons (Fsp3) is 0. The predicted molar refractivity (Wildman–Crippen MR) is 31.4 cm³/mol. The molecule has 0 N–H and O–H groups in total. The second-order valence-corrected chi connectivity index (χ2v) is 1.06. The summed E-state index contributed by atoms with van der Waals surface area (Å²) >= 11 is 3.61. The maximum absolute atomic E-state index is 9.68. The molecule has 0 fully saturated rings. The number of hydrogen-bond acceptors (Lipinski definition) is 2. The molecule has 0 aliphatic heterocycles. The molecule has 0 aliphatic carbocycles. The third-order valence-electron chi connectivity index (χ3n) is 0.402. The first kappa shape index (κ1) is 6.25. The molecule has 0 unspecified atom stereocenters. The Balaban J connectivity index is 3.94. The van der Waals surface area contributed by atoms with E-state index in [-0.39, 0.29) is 5.70 Å². The van der Waals surface area contributed by atoms with E-state index in [1.165, 1.54) is 5.41 Å². The van der Waals surface area contributed by atoms with E-state index in [4.69, 9.17) is 0 Å². The fourth-order valence-corrected chi connectivity index (χ4v) is 0.222. The highest BCUT2D eigenvalue weighted by Gasteiger charge is 1.96. The van der Waals surface area contributed by atoms with E-state index in [0.717, 1.165) is 0 Å². The molecule has 0 amide bonds. The van der Waals surface area contributed by atoms with E-state index in [1.54, 1.807) is 0 Å². The number of hydrogen-bond donors (Lipinski definition) is 1. The van der Waals surface area contributed by atoms with Crippen molar-refractivity contribution < 1.29 is 4.79 Å². The lowest BCUT2D eigenvalue weighted by Gasteiger charge is -1.58. The molecule has 7 heavy (non-hydrogen) atoms. The summed E-state index contributed by atoms with van der Waals surface area (Å²) < 4.78 is 0. The largest absolute Gasteiger partial charge is 0.385 e. The lowest BCUT2D eigenvalue weighted by molar-refractivity contribution is -0.104. The molecule has 36 valence electrons. The van der Waals surface area contributed by atoms with Gasteiger partial charge in [-0.25, -0.2) is 0 Å². The van der Waals surface area contributed by atoms with E-state index >= 15 is 0 Å². The topological polar surface area (TPSA) is 21.4 Å². The van der Waals surface area contributed by atoms with Crippen molar-refractivity contribution in [2.45, 2.75) is 0 Å². The molecule has 0 saturated heterocycles. The van der Waals surface area contributed by atoms with Crippen LogP contribution in [-0.2, 0) is 4.79 Å². The van der Waals surface area contributed by atoms with Gasteiger partial charge in [0.1, 0.15) is 0 Å². The van der Waals surface area contributed by atoms with E-state index in [0.29, 0.717) is 6.29 Å². The normalized spacial score (nSPS) is 10.0. The Labute approximate surface area is 47.1 Å². The van der Waals surface area contributed by atoms with Gasteiger partial charge in [0.25, 0.3) is 6.57 Å². The molecule has 0 rings (SSSR count). The van der Waals surface area contributed by atoms with Crippen LogP contribution in [0.15, 0.2) is 11.1 Å². The third-order valence-corrected chi connectivity index (χ3v) is 0.667. The second-order valence-electron chi connectivity index (χ2n) is 0.801. The van der Waals surface area contributed by atoms with Crippen LogP contribution in [0, 0.1) is 6.57 Å². The van der Waals surface area contributed by atoms with Gasteiger partial charge in [0.2, 0.25) is 6.29 Å². The lowest BCUT2D eigenvalue weighted by Crippen LogP contribution is -1.69. The zero-order chi connectivity index (χ0) is 5.70. The number of allylic oxidation sites excluding steroid dienone is 1. The number of aldehydes is 1. The minimum absolute atomic E-state index is 0.142. The minimum Gasteiger partial charge on any atom is -0.290 e. The molecule has 3 heteroatoms. The monoisotopic (exact) mass is 114 g/mol. The maximum atomic E-state index is 9.68. The SMILES string of the molecule is C#[N+]/C(C=O)=C\S. The molecule has 0 saturated carbocycles. The highest BCUT2D eigenvalue weighted by Crippen LogP contribution is 1.90. The summed E-state index contributed by atoms with van der Waals surface area (Å²) in [6.07, 6.45) is 0.521. The summed E-state index contributed by atoms with van der Waals surface area (Å²) in [5, 5.41) is 1.23. The average molecular weight is 114 g/mol. The molecule has 0 spiro atoms. The van der Waals surface area contributed by atoms with Gasteiger partial charge >= 0.3 is 5.70 Å². The Hall–Kier alpha value is -0.750. The maximum Gasteiger partial charge on any atom is 0.385 e. The van der Waals surface area contributed by atoms with E-state index in [2.05, 4.69) is 24.0 Å². The first-order valence-electron chi connectivity index (χ1n) is 1.55. The van der Waals surface area contributed by atoms with Crippen LogP contribution >= 0.6 is 12.6 Å². The van der Waals surface area contributed by atoms with Crippen molar-refractivity contribution >= 4 is 18.9 Å². The van der Waals surface area contributed by atoms with Crippen LogP contribution in [0.4, 0.5) is 0 Å². The quantitative estimate of drug-likeness (QED) is 0.305. The van der Waals surface area contributed by atoms with Gasteiger partial charge in [-0.15, -0.1) is 12.6 Å². The van der Waals surface area contributed by atoms with Crippen LogP contribution in [-0.4, -0.2) is 6.29 Å². The Bertz CT molecular complexity index is 133. The lowest BCUT2D eigenvalue weighted by atomic mass is 10.6. The van der Waals surface area contributed by atoms with Crippen molar-refractivity contribution in [3.05, 3.63) is 16.0 Å². The second kappa shape index (κ2) is 3.44. The zero-order valence-corrected chi connectivity index (χ0v) is 4.43. The highest BCUT2D eigenvalue weighted by molar-refractivity contribution is 7.83. The molecule has 0 aliphatic rings. The summed E-state index contributed by atoms with van der Waals surface area (Å²) in [6.45, 7) is 4.67. The van der Waals surface area contributed by atoms with Gasteiger partial charge in [0.05, 0.1) is 5.41 Å². The average Bonchev–Trinajstić information content (AvgIpc) is 1.72. The molecule has 0 radical (unpaired) electrons. The Kier molecular flexibility index (Phi) is 3.07. The van der Waals surface area contributed by atoms with Gasteiger partial charge in [0.15, 0.2) is 0 Å². The number of carbonyl (C=O) groups excluding carboxylic acids is 1. The van der Waals surface area contributed by atoms with Crippen molar-refractivity contribution in [2.24, 2.45) is 0 Å². The van der Waals surface area contributed by atoms with Gasteiger partial charge < -0.3 is 0 Å². The standard InChI is InChI=1S/C4H3NOS/c1-5-4(2-6)3-7/h1-3H/p+1. The molecule has 0 bridgehead atoms. The van der Waals surface area contributed by atoms with Crippen molar-refractivity contribution in [3.8, 4) is 6.57 Å². The number of carbonyl (C=O) groups is 1. The van der Waals surface area contributed by atoms with Gasteiger partial charge in [0, 0.05) is 0 Å². The van der Waals surface area contributed by atoms with Gasteiger partial charge in [-0.2, -0.15) is 0 Å². The van der Waals surface area contributed by atoms with Gasteiger partial charge in [-0.3, -0.25) is 4.79 Å². The molecular formula is C4H4NOS+. The van der Waals surface area contributed by atoms with Crippen LogP contribution < -0.4 is 0 Å². The highest BCUT2D eigenvalue weighted by atomic mass is 32.1. The molecule has 0 atom stereocenters. The zero-order valence-electron chi connectivity index (χ0n) is 3.53. The molecule has 0 aromatic heterocycles. The number of rotatable bonds is 1. The summed E-state index contributed by atoms with van der Waals surface area (Å²) in [5.41, 5.74) is 0.142. The minimum atomic E-state index is 0.142. The third kappa shape index (κ3) is 2.01.